The molecule has 0 aromatic carbocycles. The van der Waals surface area contributed by atoms with Crippen LogP contribution in [0.4, 0.5) is 13.2 Å². The van der Waals surface area contributed by atoms with Crippen LogP contribution in [0.5, 0.6) is 0 Å². The van der Waals surface area contributed by atoms with Crippen LogP contribution in [-0.4, -0.2) is 19.3 Å². The van der Waals surface area contributed by atoms with Gasteiger partial charge in [-0.3, -0.25) is 0 Å². The van der Waals surface area contributed by atoms with Crippen molar-refractivity contribution in [3.63, 3.8) is 0 Å². The van der Waals surface area contributed by atoms with Crippen molar-refractivity contribution in [1.82, 2.24) is 5.32 Å². The van der Waals surface area contributed by atoms with Crippen LogP contribution in [0.1, 0.15) is 32.1 Å². The van der Waals surface area contributed by atoms with Gasteiger partial charge >= 0.3 is 6.18 Å². The third kappa shape index (κ3) is 6.02. The lowest BCUT2D eigenvalue weighted by Crippen LogP contribution is -2.39. The van der Waals surface area contributed by atoms with Gasteiger partial charge in [-0.1, -0.05) is 18.9 Å². The SMILES string of the molecule is C=CCCCCCC(NC)C(F)(F)F. The highest BCUT2D eigenvalue weighted by molar-refractivity contribution is 4.73. The maximum atomic E-state index is 12.2. The molecule has 0 fully saturated rings. The molecule has 0 aliphatic carbocycles. The minimum absolute atomic E-state index is 0.164. The first-order valence-electron chi connectivity index (χ1n) is 4.87. The first-order chi connectivity index (χ1) is 6.52. The Bertz CT molecular complexity index is 154. The van der Waals surface area contributed by atoms with Gasteiger partial charge in [0.05, 0.1) is 0 Å². The van der Waals surface area contributed by atoms with E-state index < -0.39 is 12.2 Å². The van der Waals surface area contributed by atoms with E-state index in [4.69, 9.17) is 0 Å². The summed E-state index contributed by atoms with van der Waals surface area (Å²) in [7, 11) is 1.35. The van der Waals surface area contributed by atoms with E-state index in [1.807, 2.05) is 0 Å². The van der Waals surface area contributed by atoms with E-state index in [1.54, 1.807) is 6.08 Å². The van der Waals surface area contributed by atoms with Crippen molar-refractivity contribution in [3.8, 4) is 0 Å². The Labute approximate surface area is 83.4 Å². The first kappa shape index (κ1) is 13.5. The van der Waals surface area contributed by atoms with Crippen LogP contribution in [0.3, 0.4) is 0 Å². The third-order valence-corrected chi connectivity index (χ3v) is 2.14. The Morgan fingerprint density at radius 3 is 2.36 bits per heavy atom. The Balaban J connectivity index is 3.58. The number of allylic oxidation sites excluding steroid dienone is 1. The van der Waals surface area contributed by atoms with Crippen LogP contribution in [0.15, 0.2) is 12.7 Å². The third-order valence-electron chi connectivity index (χ3n) is 2.14. The standard InChI is InChI=1S/C10H18F3N/c1-3-4-5-6-7-8-9(14-2)10(11,12)13/h3,9,14H,1,4-8H2,2H3. The number of halogens is 3. The highest BCUT2D eigenvalue weighted by Gasteiger charge is 2.37. The van der Waals surface area contributed by atoms with E-state index in [9.17, 15) is 13.2 Å². The van der Waals surface area contributed by atoms with Gasteiger partial charge < -0.3 is 5.32 Å². The number of nitrogens with one attached hydrogen (secondary N) is 1. The molecule has 0 aromatic rings. The molecule has 0 amide bonds. The van der Waals surface area contributed by atoms with Crippen molar-refractivity contribution in [2.45, 2.75) is 44.3 Å². The summed E-state index contributed by atoms with van der Waals surface area (Å²) in [6, 6.07) is -1.36. The molecule has 0 heterocycles. The molecule has 0 bridgehead atoms. The zero-order valence-corrected chi connectivity index (χ0v) is 8.53. The zero-order valence-electron chi connectivity index (χ0n) is 8.53. The minimum atomic E-state index is -4.12. The fraction of sp³-hybridized carbons (Fsp3) is 0.800. The molecular weight excluding hydrogens is 191 g/mol. The van der Waals surface area contributed by atoms with Gasteiger partial charge in [-0.25, -0.2) is 0 Å². The molecule has 0 rings (SSSR count). The Kier molecular flexibility index (Phi) is 6.62. The van der Waals surface area contributed by atoms with E-state index in [0.717, 1.165) is 19.3 Å². The predicted molar refractivity (Wildman–Crippen MR) is 52.2 cm³/mol. The van der Waals surface area contributed by atoms with Crippen molar-refractivity contribution in [2.75, 3.05) is 7.05 Å². The Morgan fingerprint density at radius 2 is 1.93 bits per heavy atom. The molecule has 84 valence electrons. The molecule has 0 saturated heterocycles. The lowest BCUT2D eigenvalue weighted by molar-refractivity contribution is -0.156. The number of rotatable bonds is 7. The molecule has 1 unspecified atom stereocenters. The van der Waals surface area contributed by atoms with Gasteiger partial charge in [0.2, 0.25) is 0 Å². The van der Waals surface area contributed by atoms with Crippen molar-refractivity contribution in [3.05, 3.63) is 12.7 Å². The minimum Gasteiger partial charge on any atom is -0.309 e. The molecule has 14 heavy (non-hydrogen) atoms. The van der Waals surface area contributed by atoms with Gasteiger partial charge in [-0.2, -0.15) is 13.2 Å². The topological polar surface area (TPSA) is 12.0 Å². The van der Waals surface area contributed by atoms with E-state index in [2.05, 4.69) is 11.9 Å². The van der Waals surface area contributed by atoms with Gasteiger partial charge in [-0.05, 0) is 26.3 Å². The normalized spacial score (nSPS) is 14.0. The van der Waals surface area contributed by atoms with Gasteiger partial charge in [0.15, 0.2) is 0 Å². The lowest BCUT2D eigenvalue weighted by atomic mass is 10.1. The maximum absolute atomic E-state index is 12.2. The van der Waals surface area contributed by atoms with Gasteiger partial charge in [0, 0.05) is 0 Å². The molecule has 4 heteroatoms. The van der Waals surface area contributed by atoms with E-state index in [0.29, 0.717) is 6.42 Å². The van der Waals surface area contributed by atoms with Crippen LogP contribution in [-0.2, 0) is 0 Å². The highest BCUT2D eigenvalue weighted by atomic mass is 19.4. The average Bonchev–Trinajstić information content (AvgIpc) is 2.09. The summed E-state index contributed by atoms with van der Waals surface area (Å²) in [5.41, 5.74) is 0. The van der Waals surface area contributed by atoms with E-state index >= 15 is 0 Å². The molecule has 0 radical (unpaired) electrons. The number of hydrogen-bond acceptors (Lipinski definition) is 1. The van der Waals surface area contributed by atoms with Gasteiger partial charge in [0.25, 0.3) is 0 Å². The van der Waals surface area contributed by atoms with Crippen molar-refractivity contribution in [2.24, 2.45) is 0 Å². The summed E-state index contributed by atoms with van der Waals surface area (Å²) in [6.07, 6.45) is 1.09. The summed E-state index contributed by atoms with van der Waals surface area (Å²) in [4.78, 5) is 0. The van der Waals surface area contributed by atoms with Crippen molar-refractivity contribution in [1.29, 1.82) is 0 Å². The van der Waals surface area contributed by atoms with Gasteiger partial charge in [0.1, 0.15) is 6.04 Å². The van der Waals surface area contributed by atoms with Crippen molar-refractivity contribution >= 4 is 0 Å². The second kappa shape index (κ2) is 6.87. The lowest BCUT2D eigenvalue weighted by Gasteiger charge is -2.19. The van der Waals surface area contributed by atoms with Crippen LogP contribution < -0.4 is 5.32 Å². The summed E-state index contributed by atoms with van der Waals surface area (Å²) < 4.78 is 36.7. The fourth-order valence-electron chi connectivity index (χ4n) is 1.29. The molecule has 0 aliphatic rings. The summed E-state index contributed by atoms with van der Waals surface area (Å²) >= 11 is 0. The molecule has 1 nitrogen and oxygen atoms in total. The second-order valence-electron chi connectivity index (χ2n) is 3.31. The summed E-state index contributed by atoms with van der Waals surface area (Å²) in [5.74, 6) is 0. The quantitative estimate of drug-likeness (QED) is 0.501. The zero-order chi connectivity index (χ0) is 11.0. The second-order valence-corrected chi connectivity index (χ2v) is 3.31. The monoisotopic (exact) mass is 209 g/mol. The predicted octanol–water partition coefficient (Wildman–Crippen LogP) is 3.27. The molecule has 0 aliphatic heterocycles. The molecular formula is C10H18F3N. The van der Waals surface area contributed by atoms with E-state index in [-0.39, 0.29) is 6.42 Å². The number of hydrogen-bond donors (Lipinski definition) is 1. The van der Waals surface area contributed by atoms with Crippen LogP contribution in [0, 0.1) is 0 Å². The number of alkyl halides is 3. The number of unbranched alkanes of at least 4 members (excludes halogenated alkanes) is 3. The summed E-state index contributed by atoms with van der Waals surface area (Å²) in [6.45, 7) is 3.56. The Hall–Kier alpha value is -0.510. The smallest absolute Gasteiger partial charge is 0.309 e. The Morgan fingerprint density at radius 1 is 1.29 bits per heavy atom. The fourth-order valence-corrected chi connectivity index (χ4v) is 1.29. The molecule has 0 spiro atoms. The molecule has 0 aromatic heterocycles. The maximum Gasteiger partial charge on any atom is 0.403 e. The van der Waals surface area contributed by atoms with E-state index in [1.165, 1.54) is 7.05 Å². The van der Waals surface area contributed by atoms with Crippen LogP contribution in [0.25, 0.3) is 0 Å². The molecule has 1 atom stereocenters. The van der Waals surface area contributed by atoms with Gasteiger partial charge in [-0.15, -0.1) is 6.58 Å². The van der Waals surface area contributed by atoms with Crippen LogP contribution in [0.2, 0.25) is 0 Å². The van der Waals surface area contributed by atoms with Crippen LogP contribution >= 0.6 is 0 Å². The first-order valence-corrected chi connectivity index (χ1v) is 4.87. The largest absolute Gasteiger partial charge is 0.403 e. The molecule has 0 saturated carbocycles. The molecule has 1 N–H and O–H groups in total. The summed E-state index contributed by atoms with van der Waals surface area (Å²) in [5, 5.41) is 2.29. The average molecular weight is 209 g/mol. The highest BCUT2D eigenvalue weighted by Crippen LogP contribution is 2.23. The van der Waals surface area contributed by atoms with Crippen molar-refractivity contribution < 1.29 is 13.2 Å².